The van der Waals surface area contributed by atoms with Crippen molar-refractivity contribution in [1.29, 1.82) is 0 Å². The van der Waals surface area contributed by atoms with E-state index in [1.54, 1.807) is 7.11 Å². The average molecular weight is 185 g/mol. The highest BCUT2D eigenvalue weighted by Crippen LogP contribution is 1.82. The van der Waals surface area contributed by atoms with Gasteiger partial charge in [0.2, 0.25) is 0 Å². The van der Waals surface area contributed by atoms with Crippen molar-refractivity contribution in [2.24, 2.45) is 0 Å². The average Bonchev–Trinajstić information content (AvgIpc) is 2.16. The van der Waals surface area contributed by atoms with E-state index >= 15 is 0 Å². The molecule has 0 aromatic rings. The second-order valence-corrected chi connectivity index (χ2v) is 2.56. The van der Waals surface area contributed by atoms with Gasteiger partial charge in [-0.3, -0.25) is 0 Å². The summed E-state index contributed by atoms with van der Waals surface area (Å²) in [5.41, 5.74) is 0. The van der Waals surface area contributed by atoms with Gasteiger partial charge in [-0.2, -0.15) is 0 Å². The summed E-state index contributed by atoms with van der Waals surface area (Å²) in [5.74, 6) is 5.74. The Morgan fingerprint density at radius 3 is 2.77 bits per heavy atom. The van der Waals surface area contributed by atoms with E-state index in [1.807, 2.05) is 6.92 Å². The van der Waals surface area contributed by atoms with Gasteiger partial charge in [0, 0.05) is 26.9 Å². The first-order valence-electron chi connectivity index (χ1n) is 4.58. The first-order valence-corrected chi connectivity index (χ1v) is 4.58. The second-order valence-electron chi connectivity index (χ2n) is 2.56. The van der Waals surface area contributed by atoms with Crippen molar-refractivity contribution in [3.8, 4) is 11.8 Å². The second kappa shape index (κ2) is 11.4. The third-order valence-electron chi connectivity index (χ3n) is 1.45. The van der Waals surface area contributed by atoms with Gasteiger partial charge >= 0.3 is 0 Å². The molecule has 0 aliphatic rings. The maximum atomic E-state index is 5.33. The summed E-state index contributed by atoms with van der Waals surface area (Å²) in [4.78, 5) is 0. The molecule has 3 heteroatoms. The number of methoxy groups -OCH3 is 1. The molecule has 0 aliphatic heterocycles. The van der Waals surface area contributed by atoms with E-state index in [2.05, 4.69) is 17.2 Å². The van der Waals surface area contributed by atoms with Crippen LogP contribution in [0.2, 0.25) is 0 Å². The summed E-state index contributed by atoms with van der Waals surface area (Å²) in [5, 5.41) is 3.15. The highest BCUT2D eigenvalue weighted by atomic mass is 16.5. The predicted octanol–water partition coefficient (Wildman–Crippen LogP) is 0.652. The number of rotatable bonds is 8. The van der Waals surface area contributed by atoms with Crippen molar-refractivity contribution < 1.29 is 9.47 Å². The highest BCUT2D eigenvalue weighted by Gasteiger charge is 1.87. The van der Waals surface area contributed by atoms with E-state index in [4.69, 9.17) is 9.47 Å². The first-order chi connectivity index (χ1) is 6.41. The molecule has 0 heterocycles. The molecule has 0 spiro atoms. The summed E-state index contributed by atoms with van der Waals surface area (Å²) in [7, 11) is 1.70. The van der Waals surface area contributed by atoms with Crippen molar-refractivity contribution in [3.63, 3.8) is 0 Å². The molecule has 0 rings (SSSR count). The molecule has 1 N–H and O–H groups in total. The van der Waals surface area contributed by atoms with Crippen LogP contribution in [0.5, 0.6) is 0 Å². The maximum Gasteiger partial charge on any atom is 0.0591 e. The van der Waals surface area contributed by atoms with E-state index in [0.717, 1.165) is 39.3 Å². The summed E-state index contributed by atoms with van der Waals surface area (Å²) < 4.78 is 10.2. The van der Waals surface area contributed by atoms with Gasteiger partial charge in [0.25, 0.3) is 0 Å². The lowest BCUT2D eigenvalue weighted by Gasteiger charge is -2.03. The Balaban J connectivity index is 2.86. The van der Waals surface area contributed by atoms with Crippen molar-refractivity contribution in [1.82, 2.24) is 5.32 Å². The molecule has 0 amide bonds. The van der Waals surface area contributed by atoms with Crippen molar-refractivity contribution in [2.45, 2.75) is 13.3 Å². The van der Waals surface area contributed by atoms with Crippen LogP contribution < -0.4 is 5.32 Å². The van der Waals surface area contributed by atoms with Gasteiger partial charge in [0.15, 0.2) is 0 Å². The minimum absolute atomic E-state index is 0.745. The molecular weight excluding hydrogens is 166 g/mol. The molecule has 0 aromatic heterocycles. The van der Waals surface area contributed by atoms with Crippen molar-refractivity contribution >= 4 is 0 Å². The van der Waals surface area contributed by atoms with Gasteiger partial charge in [0.05, 0.1) is 13.2 Å². The Morgan fingerprint density at radius 2 is 2.08 bits per heavy atom. The van der Waals surface area contributed by atoms with Crippen LogP contribution in [0, 0.1) is 11.8 Å². The van der Waals surface area contributed by atoms with Crippen molar-refractivity contribution in [3.05, 3.63) is 0 Å². The standard InChI is InChI=1S/C10H19NO2/c1-3-4-6-11-7-10-13-9-5-8-12-2/h11H,5-10H2,1-2H3. The first kappa shape index (κ1) is 12.4. The van der Waals surface area contributed by atoms with Gasteiger partial charge < -0.3 is 14.8 Å². The van der Waals surface area contributed by atoms with Crippen LogP contribution in [0.25, 0.3) is 0 Å². The Labute approximate surface area is 80.8 Å². The molecule has 13 heavy (non-hydrogen) atoms. The number of hydrogen-bond donors (Lipinski definition) is 1. The Kier molecular flexibility index (Phi) is 10.9. The zero-order valence-electron chi connectivity index (χ0n) is 8.56. The maximum absolute atomic E-state index is 5.33. The van der Waals surface area contributed by atoms with Gasteiger partial charge in [0.1, 0.15) is 0 Å². The zero-order valence-corrected chi connectivity index (χ0v) is 8.56. The Morgan fingerprint density at radius 1 is 1.23 bits per heavy atom. The summed E-state index contributed by atoms with van der Waals surface area (Å²) in [6.07, 6.45) is 0.964. The van der Waals surface area contributed by atoms with Crippen LogP contribution >= 0.6 is 0 Å². The third kappa shape index (κ3) is 11.4. The lowest BCUT2D eigenvalue weighted by molar-refractivity contribution is 0.105. The molecule has 76 valence electrons. The monoisotopic (exact) mass is 185 g/mol. The fraction of sp³-hybridized carbons (Fsp3) is 0.800. The molecule has 0 saturated heterocycles. The zero-order chi connectivity index (χ0) is 9.78. The molecule has 3 nitrogen and oxygen atoms in total. The fourth-order valence-electron chi connectivity index (χ4n) is 0.791. The lowest BCUT2D eigenvalue weighted by Crippen LogP contribution is -2.20. The normalized spacial score (nSPS) is 9.38. The van der Waals surface area contributed by atoms with Crippen LogP contribution in [-0.2, 0) is 9.47 Å². The highest BCUT2D eigenvalue weighted by molar-refractivity contribution is 4.96. The minimum atomic E-state index is 0.745. The quantitative estimate of drug-likeness (QED) is 0.445. The molecule has 0 fully saturated rings. The molecular formula is C10H19NO2. The molecule has 0 bridgehead atoms. The van der Waals surface area contributed by atoms with Gasteiger partial charge in [-0.15, -0.1) is 5.92 Å². The molecule has 0 aromatic carbocycles. The van der Waals surface area contributed by atoms with Crippen molar-refractivity contribution in [2.75, 3.05) is 40.0 Å². The molecule has 0 saturated carbocycles. The number of hydrogen-bond acceptors (Lipinski definition) is 3. The predicted molar refractivity (Wildman–Crippen MR) is 53.6 cm³/mol. The molecule has 0 unspecified atom stereocenters. The topological polar surface area (TPSA) is 30.5 Å². The lowest BCUT2D eigenvalue weighted by atomic mass is 10.5. The van der Waals surface area contributed by atoms with Crippen LogP contribution in [-0.4, -0.2) is 40.0 Å². The summed E-state index contributed by atoms with van der Waals surface area (Å²) >= 11 is 0. The number of nitrogens with one attached hydrogen (secondary N) is 1. The van der Waals surface area contributed by atoms with Gasteiger partial charge in [-0.1, -0.05) is 5.92 Å². The van der Waals surface area contributed by atoms with Crippen LogP contribution in [0.15, 0.2) is 0 Å². The molecule has 0 aliphatic carbocycles. The smallest absolute Gasteiger partial charge is 0.0591 e. The molecule has 0 atom stereocenters. The van der Waals surface area contributed by atoms with Gasteiger partial charge in [-0.25, -0.2) is 0 Å². The Bertz CT molecular complexity index is 149. The SMILES string of the molecule is CC#CCNCCOCCCOC. The van der Waals surface area contributed by atoms with E-state index in [1.165, 1.54) is 0 Å². The van der Waals surface area contributed by atoms with E-state index in [9.17, 15) is 0 Å². The van der Waals surface area contributed by atoms with E-state index < -0.39 is 0 Å². The fourth-order valence-corrected chi connectivity index (χ4v) is 0.791. The number of ether oxygens (including phenoxy) is 2. The third-order valence-corrected chi connectivity index (χ3v) is 1.45. The van der Waals surface area contributed by atoms with E-state index in [0.29, 0.717) is 0 Å². The minimum Gasteiger partial charge on any atom is -0.385 e. The van der Waals surface area contributed by atoms with Crippen LogP contribution in [0.1, 0.15) is 13.3 Å². The van der Waals surface area contributed by atoms with E-state index in [-0.39, 0.29) is 0 Å². The summed E-state index contributed by atoms with van der Waals surface area (Å²) in [6.45, 7) is 5.74. The van der Waals surface area contributed by atoms with Crippen LogP contribution in [0.3, 0.4) is 0 Å². The molecule has 0 radical (unpaired) electrons. The Hall–Kier alpha value is -0.560. The van der Waals surface area contributed by atoms with Gasteiger partial charge in [-0.05, 0) is 13.3 Å². The van der Waals surface area contributed by atoms with Crippen LogP contribution in [0.4, 0.5) is 0 Å². The largest absolute Gasteiger partial charge is 0.385 e. The summed E-state index contributed by atoms with van der Waals surface area (Å²) in [6, 6.07) is 0.